The van der Waals surface area contributed by atoms with E-state index >= 15 is 0 Å². The highest BCUT2D eigenvalue weighted by Gasteiger charge is 2.17. The first-order chi connectivity index (χ1) is 7.25. The number of halogens is 1. The molecule has 0 aromatic carbocycles. The smallest absolute Gasteiger partial charge is 0.132 e. The van der Waals surface area contributed by atoms with E-state index in [2.05, 4.69) is 9.97 Å². The van der Waals surface area contributed by atoms with Gasteiger partial charge in [-0.3, -0.25) is 0 Å². The van der Waals surface area contributed by atoms with Crippen LogP contribution in [-0.4, -0.2) is 16.6 Å². The molecule has 3 nitrogen and oxygen atoms in total. The molecule has 1 aliphatic rings. The number of hydrogen-bond acceptors (Lipinski definition) is 2. The van der Waals surface area contributed by atoms with Crippen molar-refractivity contribution in [1.82, 2.24) is 9.97 Å². The van der Waals surface area contributed by atoms with Crippen LogP contribution in [0.15, 0.2) is 6.07 Å². The van der Waals surface area contributed by atoms with Crippen molar-refractivity contribution in [3.05, 3.63) is 28.0 Å². The van der Waals surface area contributed by atoms with Crippen molar-refractivity contribution < 1.29 is 4.74 Å². The van der Waals surface area contributed by atoms with Crippen LogP contribution in [0.4, 0.5) is 0 Å². The van der Waals surface area contributed by atoms with Gasteiger partial charge < -0.3 is 9.72 Å². The largest absolute Gasteiger partial charge is 0.375 e. The van der Waals surface area contributed by atoms with Crippen LogP contribution in [0.1, 0.15) is 16.8 Å². The van der Waals surface area contributed by atoms with Gasteiger partial charge in [-0.2, -0.15) is 0 Å². The van der Waals surface area contributed by atoms with E-state index in [-0.39, 0.29) is 0 Å². The summed E-state index contributed by atoms with van der Waals surface area (Å²) >= 11 is 6.03. The number of hydrogen-bond donors (Lipinski definition) is 1. The number of ether oxygens (including phenoxy) is 1. The van der Waals surface area contributed by atoms with Crippen molar-refractivity contribution in [3.63, 3.8) is 0 Å². The second-order valence-corrected chi connectivity index (χ2v) is 4.23. The molecule has 15 heavy (non-hydrogen) atoms. The van der Waals surface area contributed by atoms with Crippen LogP contribution in [-0.2, 0) is 17.8 Å². The Balaban J connectivity index is 2.33. The number of rotatable bonds is 0. The van der Waals surface area contributed by atoms with Gasteiger partial charge in [-0.15, -0.1) is 0 Å². The number of fused-ring (bicyclic) bond motifs is 3. The monoisotopic (exact) mass is 222 g/mol. The van der Waals surface area contributed by atoms with Crippen LogP contribution < -0.4 is 0 Å². The third-order valence-electron chi connectivity index (χ3n) is 2.83. The van der Waals surface area contributed by atoms with E-state index < -0.39 is 0 Å². The molecule has 2 aromatic heterocycles. The van der Waals surface area contributed by atoms with E-state index in [1.807, 2.05) is 13.0 Å². The lowest BCUT2D eigenvalue weighted by molar-refractivity contribution is 0.109. The predicted octanol–water partition coefficient (Wildman–Crippen LogP) is 2.60. The number of aromatic nitrogens is 2. The number of aromatic amines is 1. The Labute approximate surface area is 92.4 Å². The van der Waals surface area contributed by atoms with Gasteiger partial charge in [0.15, 0.2) is 0 Å². The van der Waals surface area contributed by atoms with Gasteiger partial charge in [0.2, 0.25) is 0 Å². The SMILES string of the molecule is Cc1cc2[nH]c3c(c2nc1Cl)CCOC3. The molecule has 3 rings (SSSR count). The van der Waals surface area contributed by atoms with Crippen molar-refractivity contribution in [1.29, 1.82) is 0 Å². The minimum Gasteiger partial charge on any atom is -0.375 e. The Bertz CT molecular complexity index is 533. The van der Waals surface area contributed by atoms with Gasteiger partial charge in [-0.1, -0.05) is 11.6 Å². The number of nitrogens with one attached hydrogen (secondary N) is 1. The molecule has 0 atom stereocenters. The van der Waals surface area contributed by atoms with Crippen LogP contribution >= 0.6 is 11.6 Å². The maximum atomic E-state index is 6.03. The zero-order chi connectivity index (χ0) is 10.4. The Morgan fingerprint density at radius 1 is 1.53 bits per heavy atom. The van der Waals surface area contributed by atoms with Crippen LogP contribution in [0.3, 0.4) is 0 Å². The molecule has 78 valence electrons. The maximum Gasteiger partial charge on any atom is 0.132 e. The molecular weight excluding hydrogens is 212 g/mol. The Morgan fingerprint density at radius 2 is 2.40 bits per heavy atom. The summed E-state index contributed by atoms with van der Waals surface area (Å²) in [4.78, 5) is 7.77. The quantitative estimate of drug-likeness (QED) is 0.696. The molecule has 0 saturated heterocycles. The summed E-state index contributed by atoms with van der Waals surface area (Å²) in [5, 5.41) is 0.593. The zero-order valence-electron chi connectivity index (χ0n) is 8.43. The standard InChI is InChI=1S/C11H11ClN2O/c1-6-4-8-10(14-11(6)12)7-2-3-15-5-9(7)13-8/h4,13H,2-3,5H2,1H3. The lowest BCUT2D eigenvalue weighted by Gasteiger charge is -2.11. The van der Waals surface area contributed by atoms with Crippen molar-refractivity contribution in [3.8, 4) is 0 Å². The first-order valence-electron chi connectivity index (χ1n) is 5.00. The van der Waals surface area contributed by atoms with E-state index in [1.165, 1.54) is 5.56 Å². The lowest BCUT2D eigenvalue weighted by atomic mass is 10.1. The van der Waals surface area contributed by atoms with E-state index in [0.717, 1.165) is 35.3 Å². The number of pyridine rings is 1. The average molecular weight is 223 g/mol. The maximum absolute atomic E-state index is 6.03. The molecule has 0 unspecified atom stereocenters. The van der Waals surface area contributed by atoms with Crippen LogP contribution in [0.25, 0.3) is 11.0 Å². The van der Waals surface area contributed by atoms with Gasteiger partial charge in [0.25, 0.3) is 0 Å². The fraction of sp³-hybridized carbons (Fsp3) is 0.364. The minimum absolute atomic E-state index is 0.593. The van der Waals surface area contributed by atoms with Gasteiger partial charge in [0, 0.05) is 11.3 Å². The molecule has 1 N–H and O–H groups in total. The van der Waals surface area contributed by atoms with Crippen molar-refractivity contribution >= 4 is 22.6 Å². The molecule has 0 fully saturated rings. The van der Waals surface area contributed by atoms with Gasteiger partial charge in [-0.25, -0.2) is 4.98 Å². The molecule has 2 aromatic rings. The van der Waals surface area contributed by atoms with Gasteiger partial charge >= 0.3 is 0 Å². The highest BCUT2D eigenvalue weighted by Crippen LogP contribution is 2.27. The molecule has 0 radical (unpaired) electrons. The molecule has 0 aliphatic carbocycles. The van der Waals surface area contributed by atoms with Crippen LogP contribution in [0.5, 0.6) is 0 Å². The number of nitrogens with zero attached hydrogens (tertiary/aromatic N) is 1. The Hall–Kier alpha value is -1.06. The first kappa shape index (κ1) is 9.19. The predicted molar refractivity (Wildman–Crippen MR) is 59.2 cm³/mol. The molecule has 0 spiro atoms. The Morgan fingerprint density at radius 3 is 3.27 bits per heavy atom. The summed E-state index contributed by atoms with van der Waals surface area (Å²) < 4.78 is 5.39. The van der Waals surface area contributed by atoms with Crippen molar-refractivity contribution in [2.75, 3.05) is 6.61 Å². The number of aryl methyl sites for hydroxylation is 1. The molecule has 0 bridgehead atoms. The normalized spacial score (nSPS) is 15.6. The third kappa shape index (κ3) is 1.34. The minimum atomic E-state index is 0.593. The molecule has 0 saturated carbocycles. The highest BCUT2D eigenvalue weighted by molar-refractivity contribution is 6.30. The van der Waals surface area contributed by atoms with Crippen molar-refractivity contribution in [2.24, 2.45) is 0 Å². The van der Waals surface area contributed by atoms with Gasteiger partial charge in [-0.05, 0) is 25.0 Å². The zero-order valence-corrected chi connectivity index (χ0v) is 9.19. The summed E-state index contributed by atoms with van der Waals surface area (Å²) in [6, 6.07) is 2.04. The summed E-state index contributed by atoms with van der Waals surface area (Å²) in [5.74, 6) is 0. The third-order valence-corrected chi connectivity index (χ3v) is 3.21. The summed E-state index contributed by atoms with van der Waals surface area (Å²) in [6.45, 7) is 3.39. The molecule has 0 amide bonds. The average Bonchev–Trinajstić information content (AvgIpc) is 2.57. The van der Waals surface area contributed by atoms with Gasteiger partial charge in [0.05, 0.1) is 24.2 Å². The van der Waals surface area contributed by atoms with E-state index in [0.29, 0.717) is 11.8 Å². The molecular formula is C11H11ClN2O. The molecule has 3 heterocycles. The fourth-order valence-electron chi connectivity index (χ4n) is 2.04. The Kier molecular flexibility index (Phi) is 1.97. The highest BCUT2D eigenvalue weighted by atomic mass is 35.5. The molecule has 4 heteroatoms. The van der Waals surface area contributed by atoms with E-state index in [9.17, 15) is 0 Å². The summed E-state index contributed by atoms with van der Waals surface area (Å²) in [7, 11) is 0. The van der Waals surface area contributed by atoms with Crippen LogP contribution in [0, 0.1) is 6.92 Å². The van der Waals surface area contributed by atoms with E-state index in [1.54, 1.807) is 0 Å². The summed E-state index contributed by atoms with van der Waals surface area (Å²) in [6.07, 6.45) is 0.918. The first-order valence-corrected chi connectivity index (χ1v) is 5.38. The van der Waals surface area contributed by atoms with Crippen LogP contribution in [0.2, 0.25) is 5.15 Å². The second kappa shape index (κ2) is 3.22. The lowest BCUT2D eigenvalue weighted by Crippen LogP contribution is -2.08. The molecule has 1 aliphatic heterocycles. The van der Waals surface area contributed by atoms with E-state index in [4.69, 9.17) is 16.3 Å². The second-order valence-electron chi connectivity index (χ2n) is 3.88. The van der Waals surface area contributed by atoms with Crippen molar-refractivity contribution in [2.45, 2.75) is 20.0 Å². The summed E-state index contributed by atoms with van der Waals surface area (Å²) in [5.41, 5.74) is 5.48. The fourth-order valence-corrected chi connectivity index (χ4v) is 2.18. The topological polar surface area (TPSA) is 37.9 Å². The van der Waals surface area contributed by atoms with Gasteiger partial charge in [0.1, 0.15) is 5.15 Å². The number of H-pyrrole nitrogens is 1.